The zero-order valence-electron chi connectivity index (χ0n) is 23.9. The van der Waals surface area contributed by atoms with Gasteiger partial charge in [0.2, 0.25) is 11.8 Å². The van der Waals surface area contributed by atoms with Gasteiger partial charge in [0, 0.05) is 17.8 Å². The lowest BCUT2D eigenvalue weighted by Gasteiger charge is -2.44. The van der Waals surface area contributed by atoms with Crippen molar-refractivity contribution >= 4 is 30.5 Å². The van der Waals surface area contributed by atoms with Gasteiger partial charge < -0.3 is 20.3 Å². The highest BCUT2D eigenvalue weighted by Crippen LogP contribution is 2.34. The Balaban J connectivity index is 2.55. The Hall–Kier alpha value is -3.00. The molecule has 0 aliphatic rings. The number of rotatable bonds is 10. The van der Waals surface area contributed by atoms with Crippen LogP contribution in [0.3, 0.4) is 0 Å². The molecule has 2 aromatic rings. The fourth-order valence-corrected chi connectivity index (χ4v) is 4.41. The number of alkyl carbamates (subject to hydrolysis) is 1. The maximum Gasteiger partial charge on any atom is 0.408 e. The van der Waals surface area contributed by atoms with Crippen molar-refractivity contribution in [1.29, 1.82) is 0 Å². The average molecular weight is 542 g/mol. The maximum atomic E-state index is 14.2. The van der Waals surface area contributed by atoms with E-state index in [1.54, 1.807) is 25.7 Å². The van der Waals surface area contributed by atoms with Crippen molar-refractivity contribution < 1.29 is 19.1 Å². The molecule has 0 saturated carbocycles. The predicted octanol–water partition coefficient (Wildman–Crippen LogP) is 5.50. The first-order valence-electron chi connectivity index (χ1n) is 13.0. The lowest BCUT2D eigenvalue weighted by Crippen LogP contribution is -2.60. The van der Waals surface area contributed by atoms with Gasteiger partial charge in [0.25, 0.3) is 0 Å². The molecule has 2 rings (SSSR count). The summed E-state index contributed by atoms with van der Waals surface area (Å²) >= 11 is 4.37. The highest BCUT2D eigenvalue weighted by molar-refractivity contribution is 7.80. The highest BCUT2D eigenvalue weighted by atomic mass is 32.1. The molecule has 3 amide bonds. The van der Waals surface area contributed by atoms with Crippen LogP contribution in [-0.2, 0) is 20.9 Å². The van der Waals surface area contributed by atoms with Gasteiger partial charge in [0.05, 0.1) is 0 Å². The Labute approximate surface area is 233 Å². The van der Waals surface area contributed by atoms with Crippen molar-refractivity contribution in [3.63, 3.8) is 0 Å². The largest absolute Gasteiger partial charge is 0.444 e. The molecule has 0 heterocycles. The van der Waals surface area contributed by atoms with Crippen molar-refractivity contribution in [2.24, 2.45) is 0 Å². The molecule has 0 radical (unpaired) electrons. The summed E-state index contributed by atoms with van der Waals surface area (Å²) in [6, 6.07) is 13.6. The molecular weight excluding hydrogens is 498 g/mol. The van der Waals surface area contributed by atoms with E-state index < -0.39 is 35.2 Å². The molecule has 2 N–H and O–H groups in total. The third kappa shape index (κ3) is 8.51. The SMILES string of the molecule is CCC(C)(C)N(C(=O)C(CS)NC(=O)OC(C)(C)C)C(C(=O)NCc1ccccc1)c1ccc(C)cc1C. The molecule has 8 heteroatoms. The summed E-state index contributed by atoms with van der Waals surface area (Å²) in [5, 5.41) is 5.70. The van der Waals surface area contributed by atoms with Crippen LogP contribution in [0.25, 0.3) is 0 Å². The van der Waals surface area contributed by atoms with Crippen molar-refractivity contribution in [1.82, 2.24) is 15.5 Å². The van der Waals surface area contributed by atoms with E-state index in [9.17, 15) is 14.4 Å². The quantitative estimate of drug-likeness (QED) is 0.347. The Morgan fingerprint density at radius 3 is 2.16 bits per heavy atom. The molecule has 2 unspecified atom stereocenters. The van der Waals surface area contributed by atoms with Crippen LogP contribution >= 0.6 is 12.6 Å². The summed E-state index contributed by atoms with van der Waals surface area (Å²) in [6.45, 7) is 15.3. The number of benzene rings is 2. The van der Waals surface area contributed by atoms with E-state index in [4.69, 9.17) is 4.74 Å². The van der Waals surface area contributed by atoms with Crippen LogP contribution in [0.4, 0.5) is 4.79 Å². The second kappa shape index (κ2) is 13.2. The molecule has 208 valence electrons. The second-order valence-corrected chi connectivity index (χ2v) is 11.6. The number of thiol groups is 1. The molecule has 0 spiro atoms. The van der Waals surface area contributed by atoms with Gasteiger partial charge in [-0.25, -0.2) is 4.79 Å². The molecule has 7 nitrogen and oxygen atoms in total. The van der Waals surface area contributed by atoms with Gasteiger partial charge in [-0.1, -0.05) is 61.0 Å². The van der Waals surface area contributed by atoms with Crippen LogP contribution in [0.2, 0.25) is 0 Å². The molecule has 38 heavy (non-hydrogen) atoms. The zero-order valence-corrected chi connectivity index (χ0v) is 24.8. The molecule has 0 fully saturated rings. The number of hydrogen-bond acceptors (Lipinski definition) is 5. The average Bonchev–Trinajstić information content (AvgIpc) is 2.84. The summed E-state index contributed by atoms with van der Waals surface area (Å²) in [5.41, 5.74) is 2.19. The van der Waals surface area contributed by atoms with Gasteiger partial charge in [-0.05, 0) is 71.6 Å². The van der Waals surface area contributed by atoms with Crippen LogP contribution in [0.1, 0.15) is 76.3 Å². The first kappa shape index (κ1) is 31.2. The predicted molar refractivity (Wildman–Crippen MR) is 155 cm³/mol. The Morgan fingerprint density at radius 1 is 1.00 bits per heavy atom. The van der Waals surface area contributed by atoms with Crippen molar-refractivity contribution in [3.8, 4) is 0 Å². The minimum absolute atomic E-state index is 0.0413. The minimum Gasteiger partial charge on any atom is -0.444 e. The number of hydrogen-bond donors (Lipinski definition) is 3. The maximum absolute atomic E-state index is 14.2. The number of carbonyl (C=O) groups is 3. The van der Waals surface area contributed by atoms with Crippen molar-refractivity contribution in [2.75, 3.05) is 5.75 Å². The standard InChI is InChI=1S/C30H43N3O4S/c1-9-30(7,8)33(27(35)24(19-38)32-28(36)37-29(4,5)6)25(23-16-15-20(2)17-21(23)3)26(34)31-18-22-13-11-10-12-14-22/h10-17,24-25,38H,9,18-19H2,1-8H3,(H,31,34)(H,32,36). The van der Waals surface area contributed by atoms with Gasteiger partial charge in [-0.2, -0.15) is 12.6 Å². The number of nitrogens with zero attached hydrogens (tertiary/aromatic N) is 1. The third-order valence-corrected chi connectivity index (χ3v) is 6.83. The third-order valence-electron chi connectivity index (χ3n) is 6.46. The monoisotopic (exact) mass is 541 g/mol. The van der Waals surface area contributed by atoms with Crippen LogP contribution in [-0.4, -0.2) is 45.7 Å². The van der Waals surface area contributed by atoms with Crippen LogP contribution in [0.5, 0.6) is 0 Å². The van der Waals surface area contributed by atoms with E-state index in [1.165, 1.54) is 0 Å². The fraction of sp³-hybridized carbons (Fsp3) is 0.500. The minimum atomic E-state index is -0.991. The second-order valence-electron chi connectivity index (χ2n) is 11.2. The normalized spacial score (nSPS) is 13.3. The first-order valence-corrected chi connectivity index (χ1v) is 13.7. The van der Waals surface area contributed by atoms with Crippen LogP contribution in [0, 0.1) is 13.8 Å². The van der Waals surface area contributed by atoms with Gasteiger partial charge in [0.15, 0.2) is 0 Å². The van der Waals surface area contributed by atoms with Gasteiger partial charge in [-0.15, -0.1) is 0 Å². The van der Waals surface area contributed by atoms with Crippen molar-refractivity contribution in [2.45, 2.75) is 91.6 Å². The van der Waals surface area contributed by atoms with E-state index in [0.29, 0.717) is 13.0 Å². The van der Waals surface area contributed by atoms with E-state index in [-0.39, 0.29) is 11.7 Å². The summed E-state index contributed by atoms with van der Waals surface area (Å²) in [5.74, 6) is -0.664. The van der Waals surface area contributed by atoms with Crippen LogP contribution < -0.4 is 10.6 Å². The number of amides is 3. The Bertz CT molecular complexity index is 1110. The topological polar surface area (TPSA) is 87.7 Å². The van der Waals surface area contributed by atoms with E-state index in [1.807, 2.05) is 83.1 Å². The van der Waals surface area contributed by atoms with E-state index in [2.05, 4.69) is 23.3 Å². The van der Waals surface area contributed by atoms with Gasteiger partial charge >= 0.3 is 6.09 Å². The number of carbonyl (C=O) groups excluding carboxylic acids is 3. The molecule has 0 aliphatic heterocycles. The molecule has 0 aliphatic carbocycles. The summed E-state index contributed by atoms with van der Waals surface area (Å²) in [6.07, 6.45) is -0.131. The van der Waals surface area contributed by atoms with E-state index in [0.717, 1.165) is 22.3 Å². The Kier molecular flexibility index (Phi) is 10.8. The molecule has 0 saturated heterocycles. The highest BCUT2D eigenvalue weighted by Gasteiger charge is 2.43. The molecule has 0 aromatic heterocycles. The summed E-state index contributed by atoms with van der Waals surface area (Å²) < 4.78 is 5.39. The lowest BCUT2D eigenvalue weighted by molar-refractivity contribution is -0.149. The molecule has 2 atom stereocenters. The zero-order chi connectivity index (χ0) is 28.7. The molecule has 2 aromatic carbocycles. The number of nitrogens with one attached hydrogen (secondary N) is 2. The number of aryl methyl sites for hydroxylation is 2. The molecule has 0 bridgehead atoms. The van der Waals surface area contributed by atoms with Gasteiger partial charge in [0.1, 0.15) is 17.7 Å². The van der Waals surface area contributed by atoms with E-state index >= 15 is 0 Å². The lowest BCUT2D eigenvalue weighted by atomic mass is 9.90. The van der Waals surface area contributed by atoms with Gasteiger partial charge in [-0.3, -0.25) is 9.59 Å². The summed E-state index contributed by atoms with van der Waals surface area (Å²) in [4.78, 5) is 42.3. The smallest absolute Gasteiger partial charge is 0.408 e. The summed E-state index contributed by atoms with van der Waals surface area (Å²) in [7, 11) is 0. The first-order chi connectivity index (χ1) is 17.7. The fourth-order valence-electron chi connectivity index (χ4n) is 4.16. The van der Waals surface area contributed by atoms with Crippen LogP contribution in [0.15, 0.2) is 48.5 Å². The number of ether oxygens (including phenoxy) is 1. The van der Waals surface area contributed by atoms with Crippen molar-refractivity contribution in [3.05, 3.63) is 70.8 Å². The molecular formula is C30H43N3O4S. The Morgan fingerprint density at radius 2 is 1.63 bits per heavy atom.